The van der Waals surface area contributed by atoms with Gasteiger partial charge in [0.05, 0.1) is 10.7 Å². The van der Waals surface area contributed by atoms with Crippen LogP contribution in [-0.2, 0) is 33.4 Å². The van der Waals surface area contributed by atoms with Crippen LogP contribution in [0.15, 0.2) is 15.7 Å². The molecule has 7 nitrogen and oxygen atoms in total. The van der Waals surface area contributed by atoms with Crippen LogP contribution in [0.2, 0.25) is 0 Å². The fourth-order valence-electron chi connectivity index (χ4n) is 2.68. The van der Waals surface area contributed by atoms with Crippen LogP contribution in [0.25, 0.3) is 0 Å². The van der Waals surface area contributed by atoms with Gasteiger partial charge in [0.25, 0.3) is 11.5 Å². The number of aryl methyl sites for hydroxylation is 2. The van der Waals surface area contributed by atoms with E-state index in [0.717, 1.165) is 22.4 Å². The average Bonchev–Trinajstić information content (AvgIpc) is 3.10. The van der Waals surface area contributed by atoms with Crippen molar-refractivity contribution in [1.82, 2.24) is 19.4 Å². The highest BCUT2D eigenvalue weighted by molar-refractivity contribution is 7.11. The Balaban J connectivity index is 1.65. The van der Waals surface area contributed by atoms with Crippen LogP contribution in [0.5, 0.6) is 0 Å². The van der Waals surface area contributed by atoms with Gasteiger partial charge in [-0.25, -0.2) is 9.78 Å². The Labute approximate surface area is 136 Å². The minimum absolute atomic E-state index is 0.0692. The zero-order valence-electron chi connectivity index (χ0n) is 13.1. The molecule has 0 aromatic carbocycles. The minimum Gasteiger partial charge on any atom is -0.350 e. The Bertz CT molecular complexity index is 856. The molecule has 8 heteroatoms. The van der Waals surface area contributed by atoms with Crippen molar-refractivity contribution in [2.45, 2.75) is 25.7 Å². The lowest BCUT2D eigenvalue weighted by Gasteiger charge is -2.09. The second-order valence-corrected chi connectivity index (χ2v) is 6.77. The number of carbonyl (C=O) groups is 1. The van der Waals surface area contributed by atoms with Crippen molar-refractivity contribution < 1.29 is 4.79 Å². The highest BCUT2D eigenvalue weighted by Crippen LogP contribution is 2.27. The predicted molar refractivity (Wildman–Crippen MR) is 87.1 cm³/mol. The first-order valence-corrected chi connectivity index (χ1v) is 8.31. The number of rotatable bonds is 4. The molecule has 1 amide bonds. The molecule has 2 aromatic rings. The minimum atomic E-state index is -0.515. The van der Waals surface area contributed by atoms with E-state index in [-0.39, 0.29) is 5.69 Å². The van der Waals surface area contributed by atoms with Gasteiger partial charge in [-0.05, 0) is 19.3 Å². The molecule has 3 rings (SSSR count). The summed E-state index contributed by atoms with van der Waals surface area (Å²) >= 11 is 1.71. The van der Waals surface area contributed by atoms with Crippen LogP contribution in [0.4, 0.5) is 0 Å². The third kappa shape index (κ3) is 2.98. The maximum Gasteiger partial charge on any atom is 0.331 e. The largest absolute Gasteiger partial charge is 0.350 e. The van der Waals surface area contributed by atoms with E-state index in [1.54, 1.807) is 11.3 Å². The molecule has 23 heavy (non-hydrogen) atoms. The summed E-state index contributed by atoms with van der Waals surface area (Å²) in [5, 5.41) is 3.77. The standard InChI is InChI=1S/C15H18N4O3S/c1-18-10(8-13(20)19(2)15(18)22)14(21)16-7-6-12-17-9-4-3-5-11(9)23-12/h8H,3-7H2,1-2H3,(H,16,21). The van der Waals surface area contributed by atoms with Gasteiger partial charge < -0.3 is 5.32 Å². The highest BCUT2D eigenvalue weighted by Gasteiger charge is 2.17. The van der Waals surface area contributed by atoms with Crippen molar-refractivity contribution in [2.24, 2.45) is 14.1 Å². The molecule has 0 bridgehead atoms. The van der Waals surface area contributed by atoms with E-state index in [9.17, 15) is 14.4 Å². The number of thiazole rings is 1. The lowest BCUT2D eigenvalue weighted by atomic mass is 10.3. The molecule has 0 saturated heterocycles. The van der Waals surface area contributed by atoms with E-state index in [2.05, 4.69) is 10.3 Å². The summed E-state index contributed by atoms with van der Waals surface area (Å²) in [7, 11) is 2.86. The third-order valence-corrected chi connectivity index (χ3v) is 5.24. The Morgan fingerprint density at radius 1 is 1.30 bits per heavy atom. The van der Waals surface area contributed by atoms with E-state index in [1.165, 1.54) is 41.7 Å². The maximum atomic E-state index is 12.2. The Morgan fingerprint density at radius 3 is 2.83 bits per heavy atom. The number of nitrogens with zero attached hydrogens (tertiary/aromatic N) is 3. The molecule has 0 saturated carbocycles. The van der Waals surface area contributed by atoms with Crippen molar-refractivity contribution in [3.05, 3.63) is 48.2 Å². The lowest BCUT2D eigenvalue weighted by molar-refractivity contribution is 0.0944. The summed E-state index contributed by atoms with van der Waals surface area (Å²) in [4.78, 5) is 41.6. The van der Waals surface area contributed by atoms with Gasteiger partial charge in [-0.2, -0.15) is 0 Å². The van der Waals surface area contributed by atoms with Crippen LogP contribution in [0, 0.1) is 0 Å². The topological polar surface area (TPSA) is 86.0 Å². The molecular formula is C15H18N4O3S. The maximum absolute atomic E-state index is 12.2. The van der Waals surface area contributed by atoms with E-state index in [4.69, 9.17) is 0 Å². The quantitative estimate of drug-likeness (QED) is 0.853. The van der Waals surface area contributed by atoms with Gasteiger partial charge in [0.1, 0.15) is 5.69 Å². The van der Waals surface area contributed by atoms with Gasteiger partial charge in [0.15, 0.2) is 0 Å². The van der Waals surface area contributed by atoms with E-state index >= 15 is 0 Å². The number of hydrogen-bond donors (Lipinski definition) is 1. The van der Waals surface area contributed by atoms with Crippen molar-refractivity contribution in [3.63, 3.8) is 0 Å². The van der Waals surface area contributed by atoms with Gasteiger partial charge in [0, 0.05) is 38.0 Å². The summed E-state index contributed by atoms with van der Waals surface area (Å²) < 4.78 is 2.14. The molecule has 2 heterocycles. The van der Waals surface area contributed by atoms with Gasteiger partial charge >= 0.3 is 5.69 Å². The number of nitrogens with one attached hydrogen (secondary N) is 1. The second-order valence-electron chi connectivity index (χ2n) is 5.61. The Hall–Kier alpha value is -2.22. The first-order valence-electron chi connectivity index (χ1n) is 7.50. The molecule has 0 atom stereocenters. The SMILES string of the molecule is Cn1c(C(=O)NCCc2nc3c(s2)CCC3)cc(=O)n(C)c1=O. The first-order chi connectivity index (χ1) is 11.0. The number of amides is 1. The molecule has 1 aliphatic rings. The van der Waals surface area contributed by atoms with E-state index < -0.39 is 17.2 Å². The average molecular weight is 334 g/mol. The monoisotopic (exact) mass is 334 g/mol. The summed E-state index contributed by atoms with van der Waals surface area (Å²) in [5.74, 6) is -0.425. The molecule has 2 aromatic heterocycles. The number of hydrogen-bond acceptors (Lipinski definition) is 5. The molecule has 0 spiro atoms. The molecule has 0 fully saturated rings. The van der Waals surface area contributed by atoms with Crippen LogP contribution < -0.4 is 16.6 Å². The van der Waals surface area contributed by atoms with E-state index in [1.807, 2.05) is 0 Å². The number of aromatic nitrogens is 3. The first kappa shape index (κ1) is 15.7. The molecule has 122 valence electrons. The molecule has 1 aliphatic carbocycles. The van der Waals surface area contributed by atoms with E-state index in [0.29, 0.717) is 13.0 Å². The highest BCUT2D eigenvalue weighted by atomic mass is 32.1. The number of carbonyl (C=O) groups excluding carboxylic acids is 1. The molecular weight excluding hydrogens is 316 g/mol. The van der Waals surface area contributed by atoms with Gasteiger partial charge in [-0.1, -0.05) is 0 Å². The van der Waals surface area contributed by atoms with Crippen LogP contribution in [0.3, 0.4) is 0 Å². The summed E-state index contributed by atoms with van der Waals surface area (Å²) in [6.07, 6.45) is 3.99. The zero-order chi connectivity index (χ0) is 16.6. The van der Waals surface area contributed by atoms with Crippen LogP contribution in [0.1, 0.15) is 32.5 Å². The Morgan fingerprint density at radius 2 is 2.09 bits per heavy atom. The summed E-state index contributed by atoms with van der Waals surface area (Å²) in [6, 6.07) is 1.18. The molecule has 1 N–H and O–H groups in total. The van der Waals surface area contributed by atoms with Crippen molar-refractivity contribution in [3.8, 4) is 0 Å². The predicted octanol–water partition coefficient (Wildman–Crippen LogP) is 0.00170. The molecule has 0 unspecified atom stereocenters. The fourth-order valence-corrected chi connectivity index (χ4v) is 3.83. The van der Waals surface area contributed by atoms with Crippen molar-refractivity contribution in [2.75, 3.05) is 6.54 Å². The van der Waals surface area contributed by atoms with Gasteiger partial charge in [-0.3, -0.25) is 18.7 Å². The smallest absolute Gasteiger partial charge is 0.331 e. The van der Waals surface area contributed by atoms with Gasteiger partial charge in [0.2, 0.25) is 0 Å². The number of fused-ring (bicyclic) bond motifs is 1. The molecule has 0 radical (unpaired) electrons. The second kappa shape index (κ2) is 6.11. The summed E-state index contributed by atoms with van der Waals surface area (Å²) in [5.41, 5.74) is 0.263. The Kier molecular flexibility index (Phi) is 4.16. The van der Waals surface area contributed by atoms with Crippen molar-refractivity contribution >= 4 is 17.2 Å². The molecule has 0 aliphatic heterocycles. The van der Waals surface area contributed by atoms with Crippen LogP contribution in [-0.4, -0.2) is 26.6 Å². The third-order valence-electron chi connectivity index (χ3n) is 4.02. The normalized spacial score (nSPS) is 13.1. The van der Waals surface area contributed by atoms with Crippen molar-refractivity contribution in [1.29, 1.82) is 0 Å². The van der Waals surface area contributed by atoms with Gasteiger partial charge in [-0.15, -0.1) is 11.3 Å². The summed E-state index contributed by atoms with van der Waals surface area (Å²) in [6.45, 7) is 0.425. The zero-order valence-corrected chi connectivity index (χ0v) is 13.9. The lowest BCUT2D eigenvalue weighted by Crippen LogP contribution is -2.41. The van der Waals surface area contributed by atoms with Crippen LogP contribution >= 0.6 is 11.3 Å². The fraction of sp³-hybridized carbons (Fsp3) is 0.467.